The number of aromatic nitrogens is 4. The van der Waals surface area contributed by atoms with Gasteiger partial charge in [0, 0.05) is 63.1 Å². The van der Waals surface area contributed by atoms with Gasteiger partial charge >= 0.3 is 0 Å². The summed E-state index contributed by atoms with van der Waals surface area (Å²) in [6.45, 7) is 33.4. The Hall–Kier alpha value is -10.2. The number of benzene rings is 4. The number of H-pyrrole nitrogens is 2. The van der Waals surface area contributed by atoms with Crippen molar-refractivity contribution in [2.24, 2.45) is 0 Å². The molecule has 0 amide bonds. The van der Waals surface area contributed by atoms with E-state index < -0.39 is 0 Å². The molecule has 0 spiro atoms. The minimum absolute atomic E-state index is 0.219. The first-order chi connectivity index (χ1) is 39.2. The average molecular weight is 1060 g/mol. The third kappa shape index (κ3) is 13.1. The molecule has 12 nitrogen and oxygen atoms in total. The van der Waals surface area contributed by atoms with E-state index in [1.807, 2.05) is 115 Å². The van der Waals surface area contributed by atoms with E-state index in [-0.39, 0.29) is 52.9 Å². The van der Waals surface area contributed by atoms with E-state index in [1.54, 1.807) is 48.6 Å². The zero-order chi connectivity index (χ0) is 55.8. The first-order valence-corrected chi connectivity index (χ1v) is 25.9. The van der Waals surface area contributed by atoms with E-state index in [9.17, 15) is 0 Å². The second kappa shape index (κ2) is 26.2. The summed E-state index contributed by atoms with van der Waals surface area (Å²) in [4.78, 5) is 18.3. The highest BCUT2D eigenvalue weighted by molar-refractivity contribution is 6.11. The Labute approximate surface area is 466 Å². The van der Waals surface area contributed by atoms with Gasteiger partial charge in [-0.05, 0) is 119 Å². The van der Waals surface area contributed by atoms with Crippen molar-refractivity contribution in [3.05, 3.63) is 233 Å². The van der Waals surface area contributed by atoms with E-state index in [0.717, 1.165) is 39.0 Å². The first-order valence-electron chi connectivity index (χ1n) is 25.9. The molecule has 0 radical (unpaired) electrons. The molecule has 7 aromatic rings. The molecule has 0 unspecified atom stereocenters. The third-order valence-corrected chi connectivity index (χ3v) is 12.3. The minimum Gasteiger partial charge on any atom is -0.489 e. The standard InChI is InChI=1S/C68H62N4O8/c1-9-21-73-54-29-45(30-55(41-54)74-22-10-2)62-39-53-38-51-18-17-49(69-51)37-50-19-20-52(70-50)40-63-64(46-31-56(75-23-11-3)42-57(32-46)76-24-12-4)65(47-33-58(77-25-13-5)43-59(34-47)78-26-14-6)68(72-63)66(67(62)71-53)48-35-60(79-27-15-7)44-61(36-48)80-28-16-8/h9-20,29-44,69,72H,1-8,21-28H2. The highest BCUT2D eigenvalue weighted by atomic mass is 16.5. The van der Waals surface area contributed by atoms with Crippen molar-refractivity contribution >= 4 is 45.9 Å². The lowest BCUT2D eigenvalue weighted by Crippen LogP contribution is -2.00. The summed E-state index contributed by atoms with van der Waals surface area (Å²) in [6, 6.07) is 33.3. The second-order valence-electron chi connectivity index (χ2n) is 18.1. The van der Waals surface area contributed by atoms with Gasteiger partial charge in [-0.2, -0.15) is 0 Å². The van der Waals surface area contributed by atoms with Gasteiger partial charge in [-0.1, -0.05) is 101 Å². The maximum Gasteiger partial charge on any atom is 0.124 e. The summed E-state index contributed by atoms with van der Waals surface area (Å²) in [7, 11) is 0. The summed E-state index contributed by atoms with van der Waals surface area (Å²) in [5, 5.41) is 0. The van der Waals surface area contributed by atoms with Crippen molar-refractivity contribution in [1.82, 2.24) is 19.9 Å². The molecule has 0 fully saturated rings. The fourth-order valence-electron chi connectivity index (χ4n) is 9.13. The first kappa shape index (κ1) is 54.6. The fourth-order valence-corrected chi connectivity index (χ4v) is 9.13. The molecular weight excluding hydrogens is 1000 g/mol. The molecule has 5 heterocycles. The molecule has 402 valence electrons. The lowest BCUT2D eigenvalue weighted by atomic mass is 9.90. The Morgan fingerprint density at radius 2 is 0.675 bits per heavy atom. The molecule has 8 bridgehead atoms. The highest BCUT2D eigenvalue weighted by Gasteiger charge is 2.27. The van der Waals surface area contributed by atoms with Gasteiger partial charge in [0.25, 0.3) is 0 Å². The van der Waals surface area contributed by atoms with E-state index in [4.69, 9.17) is 47.9 Å². The Morgan fingerprint density at radius 1 is 0.338 bits per heavy atom. The van der Waals surface area contributed by atoms with E-state index in [0.29, 0.717) is 96.4 Å². The van der Waals surface area contributed by atoms with Crippen molar-refractivity contribution in [3.8, 4) is 79.4 Å². The molecule has 2 aliphatic heterocycles. The summed E-state index contributed by atoms with van der Waals surface area (Å²) < 4.78 is 50.8. The molecule has 9 rings (SSSR count). The number of fused-ring (bicyclic) bond motifs is 8. The van der Waals surface area contributed by atoms with Crippen LogP contribution in [0.5, 0.6) is 46.0 Å². The van der Waals surface area contributed by atoms with Crippen LogP contribution in [-0.4, -0.2) is 72.8 Å². The van der Waals surface area contributed by atoms with Crippen LogP contribution in [0.25, 0.3) is 79.2 Å². The van der Waals surface area contributed by atoms with Gasteiger partial charge in [-0.15, -0.1) is 0 Å². The summed E-state index contributed by atoms with van der Waals surface area (Å²) >= 11 is 0. The molecule has 2 aliphatic rings. The van der Waals surface area contributed by atoms with Gasteiger partial charge in [-0.3, -0.25) is 0 Å². The Bertz CT molecular complexity index is 3640. The normalized spacial score (nSPS) is 11.3. The van der Waals surface area contributed by atoms with Crippen LogP contribution in [0.4, 0.5) is 0 Å². The summed E-state index contributed by atoms with van der Waals surface area (Å²) in [5.74, 6) is 4.28. The minimum atomic E-state index is 0.219. The van der Waals surface area contributed by atoms with Crippen molar-refractivity contribution in [2.75, 3.05) is 52.9 Å². The number of nitrogens with one attached hydrogen (secondary N) is 2. The lowest BCUT2D eigenvalue weighted by Gasteiger charge is -2.17. The van der Waals surface area contributed by atoms with Crippen LogP contribution in [0.15, 0.2) is 204 Å². The van der Waals surface area contributed by atoms with Gasteiger partial charge in [0.05, 0.1) is 28.3 Å². The maximum absolute atomic E-state index is 6.40. The molecule has 4 aromatic carbocycles. The lowest BCUT2D eigenvalue weighted by molar-refractivity contribution is 0.344. The van der Waals surface area contributed by atoms with Crippen LogP contribution in [0.1, 0.15) is 28.3 Å². The zero-order valence-electron chi connectivity index (χ0n) is 44.6. The summed E-state index contributed by atoms with van der Waals surface area (Å²) in [5.41, 5.74) is 11.3. The smallest absolute Gasteiger partial charge is 0.124 e. The average Bonchev–Trinajstić information content (AvgIpc) is 4.05. The van der Waals surface area contributed by atoms with Crippen LogP contribution in [0.3, 0.4) is 0 Å². The van der Waals surface area contributed by atoms with Crippen LogP contribution in [0, 0.1) is 0 Å². The highest BCUT2D eigenvalue weighted by Crippen LogP contribution is 2.49. The van der Waals surface area contributed by atoms with E-state index >= 15 is 0 Å². The van der Waals surface area contributed by atoms with Gasteiger partial charge in [0.15, 0.2) is 0 Å². The zero-order valence-corrected chi connectivity index (χ0v) is 44.6. The molecule has 2 N–H and O–H groups in total. The number of hydrogen-bond acceptors (Lipinski definition) is 10. The second-order valence-corrected chi connectivity index (χ2v) is 18.1. The van der Waals surface area contributed by atoms with Crippen molar-refractivity contribution in [3.63, 3.8) is 0 Å². The third-order valence-electron chi connectivity index (χ3n) is 12.3. The quantitative estimate of drug-likeness (QED) is 0.0457. The van der Waals surface area contributed by atoms with Crippen LogP contribution in [0.2, 0.25) is 0 Å². The topological polar surface area (TPSA) is 131 Å². The number of rotatable bonds is 28. The maximum atomic E-state index is 6.40. The molecule has 80 heavy (non-hydrogen) atoms. The largest absolute Gasteiger partial charge is 0.489 e. The number of aromatic amines is 2. The molecule has 0 aliphatic carbocycles. The number of nitrogens with zero attached hydrogens (tertiary/aromatic N) is 2. The van der Waals surface area contributed by atoms with E-state index in [2.05, 4.69) is 68.7 Å². The Kier molecular flexibility index (Phi) is 17.9. The van der Waals surface area contributed by atoms with Crippen molar-refractivity contribution < 1.29 is 37.9 Å². The van der Waals surface area contributed by atoms with Crippen molar-refractivity contribution in [1.29, 1.82) is 0 Å². The SMILES string of the molecule is C=CCOc1cc(OCC=C)cc(C2=Cc3cc4ccc(cc5nc(cc6[nH]c(c(-c7cc(OCC=C)cc(OCC=C)c7)c2n3)c(-c2cc(OCC=C)cc(OCC=C)c2)c6-c2cc(OCC=C)cc(OCC=C)c2)C=C5)[nH]4)c1. The number of ether oxygens (including phenoxy) is 8. The van der Waals surface area contributed by atoms with Gasteiger partial charge in [0.1, 0.15) is 98.9 Å². The van der Waals surface area contributed by atoms with Crippen molar-refractivity contribution in [2.45, 2.75) is 0 Å². The van der Waals surface area contributed by atoms with Crippen LogP contribution >= 0.6 is 0 Å². The molecule has 0 saturated carbocycles. The van der Waals surface area contributed by atoms with Gasteiger partial charge < -0.3 is 47.9 Å². The molecule has 3 aromatic heterocycles. The number of hydrogen-bond donors (Lipinski definition) is 2. The Balaban J connectivity index is 1.56. The monoisotopic (exact) mass is 1060 g/mol. The predicted molar refractivity (Wildman–Crippen MR) is 325 cm³/mol. The predicted octanol–water partition coefficient (Wildman–Crippen LogP) is 15.6. The van der Waals surface area contributed by atoms with Gasteiger partial charge in [-0.25, -0.2) is 9.97 Å². The molecular formula is C68H62N4O8. The fraction of sp³-hybridized carbons (Fsp3) is 0.118. The Morgan fingerprint density at radius 3 is 1.06 bits per heavy atom. The molecule has 0 atom stereocenters. The van der Waals surface area contributed by atoms with Crippen LogP contribution in [-0.2, 0) is 0 Å². The van der Waals surface area contributed by atoms with E-state index in [1.165, 1.54) is 0 Å². The van der Waals surface area contributed by atoms with Gasteiger partial charge in [0.2, 0.25) is 0 Å². The molecule has 12 heteroatoms. The summed E-state index contributed by atoms with van der Waals surface area (Å²) in [6.07, 6.45) is 19.6. The molecule has 0 saturated heterocycles. The van der Waals surface area contributed by atoms with Crippen LogP contribution < -0.4 is 37.9 Å².